The molecular formula is C12H14ClF3N2O2. The second kappa shape index (κ2) is 6.69. The Balaban J connectivity index is 2.66. The number of ether oxygens (including phenoxy) is 1. The van der Waals surface area contributed by atoms with Gasteiger partial charge in [-0.3, -0.25) is 4.79 Å². The van der Waals surface area contributed by atoms with Crippen LogP contribution in [0, 0.1) is 0 Å². The molecule has 0 aliphatic carbocycles. The number of halogens is 4. The van der Waals surface area contributed by atoms with Gasteiger partial charge in [-0.2, -0.15) is 13.2 Å². The molecule has 0 saturated heterocycles. The molecule has 0 spiro atoms. The van der Waals surface area contributed by atoms with Crippen molar-refractivity contribution in [1.29, 1.82) is 0 Å². The maximum atomic E-state index is 12.0. The predicted octanol–water partition coefficient (Wildman–Crippen LogP) is 3.00. The van der Waals surface area contributed by atoms with Crippen LogP contribution in [0.2, 0.25) is 5.02 Å². The molecule has 0 aromatic heterocycles. The van der Waals surface area contributed by atoms with Crippen LogP contribution in [-0.2, 0) is 0 Å². The summed E-state index contributed by atoms with van der Waals surface area (Å²) in [6, 6.07) is 2.70. The summed E-state index contributed by atoms with van der Waals surface area (Å²) in [5.74, 6) is -0.355. The number of methoxy groups -OCH3 is 1. The van der Waals surface area contributed by atoms with Crippen LogP contribution in [0.25, 0.3) is 0 Å². The number of alkyl halides is 3. The molecule has 1 aromatic rings. The quantitative estimate of drug-likeness (QED) is 0.649. The van der Waals surface area contributed by atoms with E-state index in [-0.39, 0.29) is 35.0 Å². The lowest BCUT2D eigenvalue weighted by Gasteiger charge is -2.11. The number of carbonyl (C=O) groups is 1. The van der Waals surface area contributed by atoms with Gasteiger partial charge in [0, 0.05) is 19.0 Å². The molecular weight excluding hydrogens is 297 g/mol. The number of nitrogens with one attached hydrogen (secondary N) is 1. The third-order valence-electron chi connectivity index (χ3n) is 2.49. The highest BCUT2D eigenvalue weighted by atomic mass is 35.5. The summed E-state index contributed by atoms with van der Waals surface area (Å²) in [4.78, 5) is 11.8. The number of benzene rings is 1. The van der Waals surface area contributed by atoms with E-state index in [4.69, 9.17) is 22.1 Å². The molecule has 4 nitrogen and oxygen atoms in total. The Hall–Kier alpha value is -1.63. The van der Waals surface area contributed by atoms with E-state index in [1.165, 1.54) is 19.2 Å². The van der Waals surface area contributed by atoms with E-state index in [1.54, 1.807) is 0 Å². The maximum absolute atomic E-state index is 12.0. The van der Waals surface area contributed by atoms with Crippen molar-refractivity contribution < 1.29 is 22.7 Å². The molecule has 0 fully saturated rings. The molecule has 0 heterocycles. The topological polar surface area (TPSA) is 64.3 Å². The van der Waals surface area contributed by atoms with Crippen molar-refractivity contribution in [3.63, 3.8) is 0 Å². The van der Waals surface area contributed by atoms with E-state index < -0.39 is 18.5 Å². The van der Waals surface area contributed by atoms with Crippen molar-refractivity contribution in [3.8, 4) is 5.75 Å². The second-order valence-corrected chi connectivity index (χ2v) is 4.46. The summed E-state index contributed by atoms with van der Waals surface area (Å²) in [5.41, 5.74) is 5.94. The van der Waals surface area contributed by atoms with Gasteiger partial charge >= 0.3 is 6.18 Å². The number of hydrogen-bond donors (Lipinski definition) is 2. The fourth-order valence-corrected chi connectivity index (χ4v) is 1.67. The molecule has 0 aliphatic heterocycles. The van der Waals surface area contributed by atoms with Gasteiger partial charge < -0.3 is 15.8 Å². The smallest absolute Gasteiger partial charge is 0.389 e. The zero-order valence-electron chi connectivity index (χ0n) is 10.7. The highest BCUT2D eigenvalue weighted by molar-refractivity contribution is 6.33. The van der Waals surface area contributed by atoms with E-state index in [1.807, 2.05) is 0 Å². The van der Waals surface area contributed by atoms with E-state index in [0.29, 0.717) is 0 Å². The van der Waals surface area contributed by atoms with Gasteiger partial charge in [-0.1, -0.05) is 11.6 Å². The molecule has 0 bridgehead atoms. The largest absolute Gasteiger partial charge is 0.496 e. The van der Waals surface area contributed by atoms with Crippen molar-refractivity contribution in [1.82, 2.24) is 5.32 Å². The van der Waals surface area contributed by atoms with Crippen LogP contribution in [-0.4, -0.2) is 25.7 Å². The first-order valence-electron chi connectivity index (χ1n) is 5.72. The summed E-state index contributed by atoms with van der Waals surface area (Å²) in [6.45, 7) is -0.0938. The Morgan fingerprint density at radius 1 is 1.45 bits per heavy atom. The van der Waals surface area contributed by atoms with Crippen molar-refractivity contribution >= 4 is 23.2 Å². The predicted molar refractivity (Wildman–Crippen MR) is 70.0 cm³/mol. The Morgan fingerprint density at radius 3 is 2.65 bits per heavy atom. The van der Waals surface area contributed by atoms with Gasteiger partial charge in [-0.15, -0.1) is 0 Å². The summed E-state index contributed by atoms with van der Waals surface area (Å²) in [5, 5.41) is 2.55. The lowest BCUT2D eigenvalue weighted by atomic mass is 10.1. The van der Waals surface area contributed by atoms with Gasteiger partial charge in [0.05, 0.1) is 23.4 Å². The van der Waals surface area contributed by atoms with Crippen molar-refractivity contribution in [2.75, 3.05) is 19.4 Å². The van der Waals surface area contributed by atoms with Crippen molar-refractivity contribution in [2.24, 2.45) is 0 Å². The van der Waals surface area contributed by atoms with E-state index in [9.17, 15) is 18.0 Å². The number of anilines is 1. The zero-order chi connectivity index (χ0) is 15.3. The van der Waals surface area contributed by atoms with Crippen LogP contribution >= 0.6 is 11.6 Å². The van der Waals surface area contributed by atoms with Crippen molar-refractivity contribution in [2.45, 2.75) is 19.0 Å². The number of rotatable bonds is 5. The van der Waals surface area contributed by atoms with Crippen LogP contribution < -0.4 is 15.8 Å². The molecule has 0 unspecified atom stereocenters. The third kappa shape index (κ3) is 4.80. The first kappa shape index (κ1) is 16.4. The minimum Gasteiger partial charge on any atom is -0.496 e. The lowest BCUT2D eigenvalue weighted by Crippen LogP contribution is -2.26. The monoisotopic (exact) mass is 310 g/mol. The first-order chi connectivity index (χ1) is 9.24. The Bertz CT molecular complexity index is 492. The fraction of sp³-hybridized carbons (Fsp3) is 0.417. The standard InChI is InChI=1S/C12H14ClF3N2O2/c1-20-10-6-9(17)8(13)5-7(10)11(19)18-4-2-3-12(14,15)16/h5-6H,2-4,17H2,1H3,(H,18,19). The second-order valence-electron chi connectivity index (χ2n) is 4.05. The maximum Gasteiger partial charge on any atom is 0.389 e. The number of nitrogens with two attached hydrogens (primary N) is 1. The molecule has 8 heteroatoms. The van der Waals surface area contributed by atoms with Gasteiger partial charge in [0.2, 0.25) is 0 Å². The third-order valence-corrected chi connectivity index (χ3v) is 2.81. The lowest BCUT2D eigenvalue weighted by molar-refractivity contribution is -0.135. The van der Waals surface area contributed by atoms with Crippen LogP contribution in [0.15, 0.2) is 12.1 Å². The SMILES string of the molecule is COc1cc(N)c(Cl)cc1C(=O)NCCCC(F)(F)F. The van der Waals surface area contributed by atoms with Crippen LogP contribution in [0.5, 0.6) is 5.75 Å². The first-order valence-corrected chi connectivity index (χ1v) is 6.10. The molecule has 1 aromatic carbocycles. The molecule has 1 rings (SSSR count). The molecule has 0 radical (unpaired) electrons. The molecule has 20 heavy (non-hydrogen) atoms. The number of carbonyl (C=O) groups excluding carboxylic acids is 1. The molecule has 0 atom stereocenters. The highest BCUT2D eigenvalue weighted by Gasteiger charge is 2.26. The van der Waals surface area contributed by atoms with Crippen molar-refractivity contribution in [3.05, 3.63) is 22.7 Å². The van der Waals surface area contributed by atoms with Gasteiger partial charge in [0.1, 0.15) is 5.75 Å². The number of nitrogen functional groups attached to an aromatic ring is 1. The average Bonchev–Trinajstić information content (AvgIpc) is 2.36. The summed E-state index contributed by atoms with van der Waals surface area (Å²) >= 11 is 5.80. The number of amides is 1. The highest BCUT2D eigenvalue weighted by Crippen LogP contribution is 2.28. The molecule has 3 N–H and O–H groups in total. The van der Waals surface area contributed by atoms with E-state index >= 15 is 0 Å². The normalized spacial score (nSPS) is 11.2. The minimum atomic E-state index is -4.23. The zero-order valence-corrected chi connectivity index (χ0v) is 11.4. The molecule has 1 amide bonds. The molecule has 0 aliphatic rings. The van der Waals surface area contributed by atoms with Crippen LogP contribution in [0.3, 0.4) is 0 Å². The average molecular weight is 311 g/mol. The molecule has 0 saturated carbocycles. The van der Waals surface area contributed by atoms with E-state index in [2.05, 4.69) is 5.32 Å². The molecule has 112 valence electrons. The fourth-order valence-electron chi connectivity index (χ4n) is 1.50. The number of hydrogen-bond acceptors (Lipinski definition) is 3. The Labute approximate surface area is 119 Å². The van der Waals surface area contributed by atoms with E-state index in [0.717, 1.165) is 0 Å². The summed E-state index contributed by atoms with van der Waals surface area (Å²) in [6.07, 6.45) is -5.37. The Kier molecular flexibility index (Phi) is 5.50. The summed E-state index contributed by atoms with van der Waals surface area (Å²) < 4.78 is 40.8. The van der Waals surface area contributed by atoms with Gasteiger partial charge in [0.15, 0.2) is 0 Å². The van der Waals surface area contributed by atoms with Gasteiger partial charge in [-0.05, 0) is 12.5 Å². The van der Waals surface area contributed by atoms with Gasteiger partial charge in [0.25, 0.3) is 5.91 Å². The summed E-state index contributed by atoms with van der Waals surface area (Å²) in [7, 11) is 1.35. The van der Waals surface area contributed by atoms with Crippen LogP contribution in [0.4, 0.5) is 18.9 Å². The van der Waals surface area contributed by atoms with Gasteiger partial charge in [-0.25, -0.2) is 0 Å². The minimum absolute atomic E-state index is 0.0938. The Morgan fingerprint density at radius 2 is 2.10 bits per heavy atom. The van der Waals surface area contributed by atoms with Crippen LogP contribution in [0.1, 0.15) is 23.2 Å².